The zero-order valence-corrected chi connectivity index (χ0v) is 3.38. The van der Waals surface area contributed by atoms with E-state index in [9.17, 15) is 3.52 Å². The van der Waals surface area contributed by atoms with Gasteiger partial charge in [0.05, 0.1) is 0 Å². The zero-order chi connectivity index (χ0) is 4.28. The third-order valence-electron chi connectivity index (χ3n) is 0.0630. The van der Waals surface area contributed by atoms with E-state index in [4.69, 9.17) is 9.90 Å². The van der Waals surface area contributed by atoms with Crippen molar-refractivity contribution in [2.24, 2.45) is 0 Å². The second-order valence-corrected chi connectivity index (χ2v) is 1.09. The second kappa shape index (κ2) is 2.19. The van der Waals surface area contributed by atoms with Crippen LogP contribution in [-0.4, -0.2) is 4.83 Å². The monoisotopic (exact) mass is 115 g/mol. The number of carbonyl (C=O) groups excluding carboxylic acids is 1. The van der Waals surface area contributed by atoms with E-state index in [1.54, 1.807) is 0 Å². The summed E-state index contributed by atoms with van der Waals surface area (Å²) in [6, 6.07) is 0. The Kier molecular flexibility index (Phi) is 2.16. The summed E-state index contributed by atoms with van der Waals surface area (Å²) < 4.78 is 10.5. The van der Waals surface area contributed by atoms with Gasteiger partial charge in [-0.3, -0.25) is 0 Å². The second-order valence-electron chi connectivity index (χ2n) is 0.327. The van der Waals surface area contributed by atoms with E-state index in [0.29, 0.717) is 0 Å². The van der Waals surface area contributed by atoms with Gasteiger partial charge in [-0.1, -0.05) is 0 Å². The van der Waals surface area contributed by atoms with Crippen LogP contribution in [0.4, 0.5) is 8.32 Å². The van der Waals surface area contributed by atoms with Crippen LogP contribution in [0.3, 0.4) is 0 Å². The molecule has 0 amide bonds. The number of carbonyl (C=O) groups is 1. The van der Waals surface area contributed by atoms with Crippen molar-refractivity contribution in [3.05, 3.63) is 0 Å². The molecule has 29 valence electrons. The normalized spacial score (nSPS) is 6.60. The summed E-state index contributed by atoms with van der Waals surface area (Å²) in [6.45, 7) is 0. The van der Waals surface area contributed by atoms with Gasteiger partial charge in [0.15, 0.2) is 0 Å². The Bertz CT molecular complexity index is 44.9. The molecule has 0 atom stereocenters. The van der Waals surface area contributed by atoms with Gasteiger partial charge in [-0.25, -0.2) is 0 Å². The predicted octanol–water partition coefficient (Wildman–Crippen LogP) is -0.703. The summed E-state index contributed by atoms with van der Waals surface area (Å²) in [6.07, 6.45) is 0. The first kappa shape index (κ1) is 4.93. The minimum absolute atomic E-state index is 1.60. The average molecular weight is 115 g/mol. The Morgan fingerprint density at radius 3 is 2.20 bits per heavy atom. The standard InChI is InChI=1S/CO2.Cr.FH/c2-1-3;;/h;;1H/q-1;+2;/p-1. The fourth-order valence-electron chi connectivity index (χ4n) is 0. The van der Waals surface area contributed by atoms with Crippen molar-refractivity contribution in [3.8, 4) is 0 Å². The quantitative estimate of drug-likeness (QED) is 0.453. The molecule has 0 rings (SSSR count). The molecule has 4 heteroatoms. The van der Waals surface area contributed by atoms with Crippen LogP contribution < -0.4 is 5.11 Å². The first-order chi connectivity index (χ1) is 2.27. The fraction of sp³-hybridized carbons (Fsp3) is 0. The van der Waals surface area contributed by atoms with Gasteiger partial charge < -0.3 is 0 Å². The summed E-state index contributed by atoms with van der Waals surface area (Å²) in [5.41, 5.74) is 0. The molecule has 0 aliphatic carbocycles. The van der Waals surface area contributed by atoms with Crippen LogP contribution in [0, 0.1) is 0 Å². The number of rotatable bonds is 1. The molecule has 0 aromatic heterocycles. The molecule has 0 unspecified atom stereocenters. The SMILES string of the molecule is O=[C]([O-])[Cr+][F]. The predicted molar refractivity (Wildman–Crippen MR) is 6.50 cm³/mol. The molecule has 0 aliphatic heterocycles. The van der Waals surface area contributed by atoms with Crippen LogP contribution in [0.5, 0.6) is 0 Å². The van der Waals surface area contributed by atoms with Gasteiger partial charge in [0.1, 0.15) is 0 Å². The van der Waals surface area contributed by atoms with E-state index in [2.05, 4.69) is 0 Å². The van der Waals surface area contributed by atoms with Crippen LogP contribution in [0.1, 0.15) is 0 Å². The van der Waals surface area contributed by atoms with Crippen molar-refractivity contribution < 1.29 is 29.1 Å². The van der Waals surface area contributed by atoms with Gasteiger partial charge in [0.25, 0.3) is 0 Å². The van der Waals surface area contributed by atoms with Crippen molar-refractivity contribution in [1.29, 1.82) is 0 Å². The number of hydrogen-bond donors (Lipinski definition) is 0. The van der Waals surface area contributed by atoms with Crippen LogP contribution in [0.15, 0.2) is 0 Å². The van der Waals surface area contributed by atoms with Crippen LogP contribution in [-0.2, 0) is 15.7 Å². The van der Waals surface area contributed by atoms with Gasteiger partial charge in [-0.15, -0.1) is 0 Å². The van der Waals surface area contributed by atoms with Gasteiger partial charge in [0, 0.05) is 0 Å². The first-order valence-corrected chi connectivity index (χ1v) is 1.89. The van der Waals surface area contributed by atoms with Crippen molar-refractivity contribution in [2.75, 3.05) is 0 Å². The maximum absolute atomic E-state index is 10.5. The summed E-state index contributed by atoms with van der Waals surface area (Å²) >= 11 is -1.82. The molecule has 0 N–H and O–H groups in total. The van der Waals surface area contributed by atoms with E-state index in [0.717, 1.165) is 0 Å². The van der Waals surface area contributed by atoms with Crippen molar-refractivity contribution in [3.63, 3.8) is 0 Å². The third-order valence-corrected chi connectivity index (χ3v) is 0.260. The number of carboxylic acid groups (broad SMARTS) is 1. The number of halogens is 1. The van der Waals surface area contributed by atoms with E-state index >= 15 is 0 Å². The van der Waals surface area contributed by atoms with Crippen molar-refractivity contribution in [1.82, 2.24) is 0 Å². The van der Waals surface area contributed by atoms with Gasteiger partial charge in [-0.2, -0.15) is 0 Å². The Morgan fingerprint density at radius 1 is 2.00 bits per heavy atom. The van der Waals surface area contributed by atoms with Gasteiger partial charge in [0.2, 0.25) is 0 Å². The zero-order valence-electron chi connectivity index (χ0n) is 2.10. The first-order valence-electron chi connectivity index (χ1n) is 0.767. The average Bonchev–Trinajstić information content (AvgIpc) is 1.38. The molecule has 0 heterocycles. The molecular weight excluding hydrogens is 115 g/mol. The van der Waals surface area contributed by atoms with E-state index in [1.807, 2.05) is 0 Å². The Labute approximate surface area is 34.8 Å². The van der Waals surface area contributed by atoms with Crippen molar-refractivity contribution in [2.45, 2.75) is 0 Å². The van der Waals surface area contributed by atoms with Gasteiger partial charge in [-0.05, 0) is 0 Å². The molecule has 0 aliphatic rings. The van der Waals surface area contributed by atoms with E-state index in [-0.39, 0.29) is 0 Å². The Balaban J connectivity index is 2.85. The molecule has 0 bridgehead atoms. The van der Waals surface area contributed by atoms with Crippen LogP contribution in [0.25, 0.3) is 0 Å². The molecule has 0 aromatic rings. The Hall–Kier alpha value is -0.0675. The van der Waals surface area contributed by atoms with E-state index < -0.39 is 20.5 Å². The number of hydrogen-bond acceptors (Lipinski definition) is 2. The van der Waals surface area contributed by atoms with Crippen LogP contribution in [0.2, 0.25) is 0 Å². The van der Waals surface area contributed by atoms with E-state index in [1.165, 1.54) is 0 Å². The molecular formula is CCrFO2. The minimum atomic E-state index is -1.82. The molecule has 0 fully saturated rings. The molecule has 2 nitrogen and oxygen atoms in total. The molecule has 0 radical (unpaired) electrons. The summed E-state index contributed by atoms with van der Waals surface area (Å²) in [5.74, 6) is 0. The summed E-state index contributed by atoms with van der Waals surface area (Å²) in [7, 11) is 0. The maximum atomic E-state index is 10.5. The molecule has 0 saturated carbocycles. The van der Waals surface area contributed by atoms with Crippen molar-refractivity contribution >= 4 is 4.83 Å². The van der Waals surface area contributed by atoms with Crippen LogP contribution >= 0.6 is 0 Å². The third kappa shape index (κ3) is 3.93. The summed E-state index contributed by atoms with van der Waals surface area (Å²) in [5, 5.41) is 8.91. The fourth-order valence-corrected chi connectivity index (χ4v) is 0. The molecule has 0 spiro atoms. The Morgan fingerprint density at radius 2 is 2.20 bits per heavy atom. The molecule has 5 heavy (non-hydrogen) atoms. The van der Waals surface area contributed by atoms with Gasteiger partial charge >= 0.3 is 33.9 Å². The molecule has 0 saturated heterocycles. The topological polar surface area (TPSA) is 40.1 Å². The molecule has 0 aromatic carbocycles. The summed E-state index contributed by atoms with van der Waals surface area (Å²) in [4.78, 5) is 7.31.